The second-order valence-corrected chi connectivity index (χ2v) is 23.1. The van der Waals surface area contributed by atoms with Gasteiger partial charge in [0, 0.05) is 19.3 Å². The Labute approximate surface area is 496 Å². The van der Waals surface area contributed by atoms with Gasteiger partial charge in [-0.3, -0.25) is 14.4 Å². The van der Waals surface area contributed by atoms with Crippen molar-refractivity contribution < 1.29 is 28.6 Å². The van der Waals surface area contributed by atoms with E-state index in [4.69, 9.17) is 14.2 Å². The fraction of sp³-hybridized carbons (Fsp3) is 0.770. The lowest BCUT2D eigenvalue weighted by atomic mass is 10.0. The zero-order chi connectivity index (χ0) is 57.8. The van der Waals surface area contributed by atoms with Crippen molar-refractivity contribution in [2.24, 2.45) is 0 Å². The van der Waals surface area contributed by atoms with Crippen LogP contribution in [-0.2, 0) is 28.6 Å². The lowest BCUT2D eigenvalue weighted by Crippen LogP contribution is -2.30. The molecule has 0 heterocycles. The summed E-state index contributed by atoms with van der Waals surface area (Å²) in [6, 6.07) is 0. The Morgan fingerprint density at radius 2 is 0.487 bits per heavy atom. The molecular weight excluding hydrogens is 985 g/mol. The molecule has 0 aromatic rings. The van der Waals surface area contributed by atoms with E-state index < -0.39 is 6.10 Å². The molecule has 80 heavy (non-hydrogen) atoms. The van der Waals surface area contributed by atoms with Gasteiger partial charge in [-0.05, 0) is 96.3 Å². The van der Waals surface area contributed by atoms with Crippen molar-refractivity contribution in [3.05, 3.63) is 85.1 Å². The molecule has 0 aliphatic rings. The summed E-state index contributed by atoms with van der Waals surface area (Å²) in [5.41, 5.74) is 0. The molecule has 0 radical (unpaired) electrons. The smallest absolute Gasteiger partial charge is 0.306 e. The predicted octanol–water partition coefficient (Wildman–Crippen LogP) is 23.8. The fourth-order valence-corrected chi connectivity index (χ4v) is 9.97. The molecule has 0 spiro atoms. The molecule has 0 amide bonds. The number of hydrogen-bond donors (Lipinski definition) is 0. The van der Waals surface area contributed by atoms with Crippen molar-refractivity contribution in [2.45, 2.75) is 354 Å². The summed E-state index contributed by atoms with van der Waals surface area (Å²) in [4.78, 5) is 38.4. The maximum Gasteiger partial charge on any atom is 0.306 e. The second kappa shape index (κ2) is 68.1. The number of esters is 3. The van der Waals surface area contributed by atoms with Gasteiger partial charge in [0.2, 0.25) is 0 Å². The normalized spacial score (nSPS) is 12.6. The second-order valence-electron chi connectivity index (χ2n) is 23.1. The van der Waals surface area contributed by atoms with Crippen LogP contribution in [0.4, 0.5) is 0 Å². The molecule has 0 rings (SSSR count). The highest BCUT2D eigenvalue weighted by atomic mass is 16.6. The Balaban J connectivity index is 4.34. The maximum absolute atomic E-state index is 12.9. The molecular formula is C74H130O6. The molecule has 0 fully saturated rings. The summed E-state index contributed by atoms with van der Waals surface area (Å²) in [7, 11) is 0. The molecule has 1 unspecified atom stereocenters. The first-order valence-corrected chi connectivity index (χ1v) is 34.6. The van der Waals surface area contributed by atoms with Crippen LogP contribution in [0.3, 0.4) is 0 Å². The van der Waals surface area contributed by atoms with Crippen molar-refractivity contribution in [1.29, 1.82) is 0 Å². The number of rotatable bonds is 63. The summed E-state index contributed by atoms with van der Waals surface area (Å²) < 4.78 is 17.0. The molecule has 0 aliphatic heterocycles. The van der Waals surface area contributed by atoms with Crippen LogP contribution in [0.15, 0.2) is 85.1 Å². The van der Waals surface area contributed by atoms with E-state index in [2.05, 4.69) is 106 Å². The highest BCUT2D eigenvalue weighted by Gasteiger charge is 2.19. The van der Waals surface area contributed by atoms with Gasteiger partial charge in [0.05, 0.1) is 0 Å². The molecule has 0 N–H and O–H groups in total. The molecule has 0 bridgehead atoms. The Bertz CT molecular complexity index is 1520. The summed E-state index contributed by atoms with van der Waals surface area (Å²) in [6.07, 6.45) is 90.2. The van der Waals surface area contributed by atoms with Gasteiger partial charge in [0.1, 0.15) is 13.2 Å². The van der Waals surface area contributed by atoms with Gasteiger partial charge in [0.15, 0.2) is 6.10 Å². The van der Waals surface area contributed by atoms with Crippen LogP contribution in [0, 0.1) is 0 Å². The van der Waals surface area contributed by atoms with Crippen LogP contribution in [0.1, 0.15) is 348 Å². The summed E-state index contributed by atoms with van der Waals surface area (Å²) in [5, 5.41) is 0. The molecule has 462 valence electrons. The largest absolute Gasteiger partial charge is 0.462 e. The van der Waals surface area contributed by atoms with Gasteiger partial charge in [-0.2, -0.15) is 0 Å². The molecule has 0 aromatic carbocycles. The monoisotopic (exact) mass is 1110 g/mol. The van der Waals surface area contributed by atoms with E-state index in [9.17, 15) is 14.4 Å². The van der Waals surface area contributed by atoms with E-state index in [1.165, 1.54) is 205 Å². The standard InChI is InChI=1S/C74H130O6/c1-4-7-10-13-16-19-22-25-28-31-33-34-35-36-37-38-39-40-42-43-46-49-52-55-58-61-64-67-73(76)79-70-71(69-78-72(75)66-63-60-57-54-51-48-45-30-27-24-21-18-15-12-9-6-3)80-74(77)68-65-62-59-56-53-50-47-44-41-32-29-26-23-20-17-14-11-8-5-2/h7,10,16,19,25-26,28-29,33-34,36-37,39-40,71H,4-6,8-9,11-15,17-18,20-24,27,30-32,35,38,41-70H2,1-3H3/b10-7-,19-16-,28-25-,29-26-,34-33-,37-36-,40-39-. The minimum atomic E-state index is -0.781. The lowest BCUT2D eigenvalue weighted by molar-refractivity contribution is -0.167. The third-order valence-electron chi connectivity index (χ3n) is 15.1. The van der Waals surface area contributed by atoms with Crippen LogP contribution in [0.2, 0.25) is 0 Å². The Morgan fingerprint density at radius 1 is 0.263 bits per heavy atom. The zero-order valence-corrected chi connectivity index (χ0v) is 53.1. The van der Waals surface area contributed by atoms with E-state index in [0.29, 0.717) is 19.3 Å². The van der Waals surface area contributed by atoms with Crippen LogP contribution < -0.4 is 0 Å². The van der Waals surface area contributed by atoms with Crippen molar-refractivity contribution in [3.63, 3.8) is 0 Å². The molecule has 0 aromatic heterocycles. The fourth-order valence-electron chi connectivity index (χ4n) is 9.97. The Kier molecular flexibility index (Phi) is 65.2. The lowest BCUT2D eigenvalue weighted by Gasteiger charge is -2.18. The van der Waals surface area contributed by atoms with Gasteiger partial charge in [0.25, 0.3) is 0 Å². The van der Waals surface area contributed by atoms with Gasteiger partial charge in [-0.15, -0.1) is 0 Å². The first-order valence-electron chi connectivity index (χ1n) is 34.6. The van der Waals surface area contributed by atoms with Gasteiger partial charge in [-0.1, -0.05) is 318 Å². The molecule has 1 atom stereocenters. The highest BCUT2D eigenvalue weighted by Crippen LogP contribution is 2.17. The van der Waals surface area contributed by atoms with Crippen LogP contribution in [-0.4, -0.2) is 37.2 Å². The number of carbonyl (C=O) groups is 3. The van der Waals surface area contributed by atoms with Crippen molar-refractivity contribution in [3.8, 4) is 0 Å². The van der Waals surface area contributed by atoms with Crippen molar-refractivity contribution >= 4 is 17.9 Å². The van der Waals surface area contributed by atoms with Crippen LogP contribution in [0.25, 0.3) is 0 Å². The zero-order valence-electron chi connectivity index (χ0n) is 53.1. The van der Waals surface area contributed by atoms with E-state index >= 15 is 0 Å². The third-order valence-corrected chi connectivity index (χ3v) is 15.1. The molecule has 0 saturated heterocycles. The highest BCUT2D eigenvalue weighted by molar-refractivity contribution is 5.71. The quantitative estimate of drug-likeness (QED) is 0.0261. The Morgan fingerprint density at radius 3 is 0.775 bits per heavy atom. The molecule has 0 aliphatic carbocycles. The molecule has 0 saturated carbocycles. The average molecular weight is 1120 g/mol. The topological polar surface area (TPSA) is 78.9 Å². The first kappa shape index (κ1) is 76.6. The summed E-state index contributed by atoms with van der Waals surface area (Å²) in [5.74, 6) is -0.867. The van der Waals surface area contributed by atoms with Gasteiger partial charge < -0.3 is 14.2 Å². The maximum atomic E-state index is 12.9. The minimum Gasteiger partial charge on any atom is -0.462 e. The summed E-state index contributed by atoms with van der Waals surface area (Å²) in [6.45, 7) is 6.57. The summed E-state index contributed by atoms with van der Waals surface area (Å²) >= 11 is 0. The minimum absolute atomic E-state index is 0.0758. The average Bonchev–Trinajstić information content (AvgIpc) is 3.46. The van der Waals surface area contributed by atoms with E-state index in [0.717, 1.165) is 103 Å². The van der Waals surface area contributed by atoms with Crippen LogP contribution in [0.5, 0.6) is 0 Å². The van der Waals surface area contributed by atoms with E-state index in [-0.39, 0.29) is 31.1 Å². The number of ether oxygens (including phenoxy) is 3. The van der Waals surface area contributed by atoms with E-state index in [1.54, 1.807) is 0 Å². The van der Waals surface area contributed by atoms with E-state index in [1.807, 2.05) is 0 Å². The van der Waals surface area contributed by atoms with Gasteiger partial charge >= 0.3 is 17.9 Å². The first-order chi connectivity index (χ1) is 39.5. The SMILES string of the molecule is CC/C=C\C/C=C\C/C=C\C/C=C\C/C=C\C/C=C\CCCCCCCCCCC(=O)OCC(COC(=O)CCCCCCCCCCCCCCCCCC)OC(=O)CCCCCCCCCCC/C=C\CCCCCCCC. The Hall–Kier alpha value is -3.41. The number of hydrogen-bond acceptors (Lipinski definition) is 6. The number of carbonyl (C=O) groups excluding carboxylic acids is 3. The van der Waals surface area contributed by atoms with Gasteiger partial charge in [-0.25, -0.2) is 0 Å². The molecule has 6 heteroatoms. The third kappa shape index (κ3) is 65.4. The number of allylic oxidation sites excluding steroid dienone is 14. The molecule has 6 nitrogen and oxygen atoms in total. The number of unbranched alkanes of at least 4 members (excludes halogenated alkanes) is 38. The van der Waals surface area contributed by atoms with Crippen molar-refractivity contribution in [2.75, 3.05) is 13.2 Å². The van der Waals surface area contributed by atoms with Crippen LogP contribution >= 0.6 is 0 Å². The van der Waals surface area contributed by atoms with Crippen molar-refractivity contribution in [1.82, 2.24) is 0 Å². The predicted molar refractivity (Wildman–Crippen MR) is 348 cm³/mol.